The van der Waals surface area contributed by atoms with Crippen molar-refractivity contribution in [2.75, 3.05) is 13.1 Å². The van der Waals surface area contributed by atoms with Crippen LogP contribution in [0.2, 0.25) is 0 Å². The minimum atomic E-state index is -0.114. The number of benzene rings is 1. The highest BCUT2D eigenvalue weighted by Gasteiger charge is 2.30. The molecule has 0 N–H and O–H groups in total. The average molecular weight is 383 g/mol. The molecule has 0 radical (unpaired) electrons. The van der Waals surface area contributed by atoms with Gasteiger partial charge in [-0.05, 0) is 37.2 Å². The fourth-order valence-corrected chi connectivity index (χ4v) is 3.75. The number of nitrogens with zero attached hydrogens (tertiary/aromatic N) is 4. The molecule has 1 amide bonds. The van der Waals surface area contributed by atoms with Gasteiger partial charge in [-0.25, -0.2) is 0 Å². The van der Waals surface area contributed by atoms with Gasteiger partial charge in [-0.1, -0.05) is 49.4 Å². The van der Waals surface area contributed by atoms with E-state index in [1.807, 2.05) is 18.2 Å². The number of rotatable bonds is 8. The molecule has 2 heterocycles. The summed E-state index contributed by atoms with van der Waals surface area (Å²) in [6, 6.07) is 10.3. The number of aryl methyl sites for hydroxylation is 2. The molecule has 1 aromatic heterocycles. The van der Waals surface area contributed by atoms with Crippen molar-refractivity contribution in [1.82, 2.24) is 19.9 Å². The Labute approximate surface area is 166 Å². The van der Waals surface area contributed by atoms with Crippen LogP contribution < -0.4 is 0 Å². The number of hydrogen-bond acceptors (Lipinski definition) is 4. The van der Waals surface area contributed by atoms with Gasteiger partial charge in [0.25, 0.3) is 5.91 Å². The number of aromatic nitrogens is 3. The van der Waals surface area contributed by atoms with Crippen molar-refractivity contribution in [3.8, 4) is 0 Å². The highest BCUT2D eigenvalue weighted by Crippen LogP contribution is 2.21. The first-order valence-electron chi connectivity index (χ1n) is 10.3. The Balaban J connectivity index is 1.52. The molecule has 0 aliphatic carbocycles. The van der Waals surface area contributed by atoms with Crippen molar-refractivity contribution in [3.05, 3.63) is 47.8 Å². The molecule has 1 atom stereocenters. The van der Waals surface area contributed by atoms with Crippen molar-refractivity contribution in [1.29, 1.82) is 0 Å². The molecule has 1 fully saturated rings. The summed E-state index contributed by atoms with van der Waals surface area (Å²) in [6.07, 6.45) is 5.97. The van der Waals surface area contributed by atoms with Gasteiger partial charge in [-0.2, -0.15) is 0 Å². The van der Waals surface area contributed by atoms with Crippen molar-refractivity contribution in [2.45, 2.75) is 52.5 Å². The maximum Gasteiger partial charge on any atom is 0.276 e. The topological polar surface area (TPSA) is 68.1 Å². The fraction of sp³-hybridized carbons (Fsp3) is 0.545. The minimum absolute atomic E-state index is 0.0407. The first-order chi connectivity index (χ1) is 13.5. The third-order valence-corrected chi connectivity index (χ3v) is 5.23. The minimum Gasteiger partial charge on any atom is -0.336 e. The number of ketones is 1. The molecule has 28 heavy (non-hydrogen) atoms. The largest absolute Gasteiger partial charge is 0.336 e. The molecule has 0 bridgehead atoms. The van der Waals surface area contributed by atoms with Crippen LogP contribution in [0.3, 0.4) is 0 Å². The zero-order chi connectivity index (χ0) is 19.9. The van der Waals surface area contributed by atoms with Gasteiger partial charge in [0.15, 0.2) is 5.69 Å². The van der Waals surface area contributed by atoms with Crippen LogP contribution in [0.25, 0.3) is 0 Å². The normalized spacial score (nSPS) is 17.1. The number of piperidine rings is 1. The molecule has 1 aliphatic heterocycles. The second kappa shape index (κ2) is 9.62. The summed E-state index contributed by atoms with van der Waals surface area (Å²) in [7, 11) is 0. The van der Waals surface area contributed by atoms with Gasteiger partial charge in [0, 0.05) is 32.0 Å². The van der Waals surface area contributed by atoms with Gasteiger partial charge in [0.1, 0.15) is 5.78 Å². The maximum absolute atomic E-state index is 12.8. The van der Waals surface area contributed by atoms with Crippen molar-refractivity contribution in [2.24, 2.45) is 11.8 Å². The third-order valence-electron chi connectivity index (χ3n) is 5.23. The Morgan fingerprint density at radius 2 is 2.00 bits per heavy atom. The van der Waals surface area contributed by atoms with Crippen LogP contribution in [0.5, 0.6) is 0 Å². The van der Waals surface area contributed by atoms with Crippen LogP contribution in [-0.4, -0.2) is 44.7 Å². The van der Waals surface area contributed by atoms with E-state index in [-0.39, 0.29) is 17.6 Å². The molecule has 0 saturated carbocycles. The molecule has 1 aliphatic rings. The maximum atomic E-state index is 12.8. The Bertz CT molecular complexity index is 785. The number of carbonyl (C=O) groups is 2. The van der Waals surface area contributed by atoms with Gasteiger partial charge in [0.2, 0.25) is 0 Å². The monoisotopic (exact) mass is 382 g/mol. The molecule has 150 valence electrons. The van der Waals surface area contributed by atoms with Crippen LogP contribution in [0.4, 0.5) is 0 Å². The van der Waals surface area contributed by atoms with Crippen LogP contribution in [-0.2, 0) is 17.8 Å². The summed E-state index contributed by atoms with van der Waals surface area (Å²) in [5, 5.41) is 8.18. The number of amides is 1. The van der Waals surface area contributed by atoms with E-state index in [0.29, 0.717) is 31.1 Å². The smallest absolute Gasteiger partial charge is 0.276 e. The molecule has 1 aromatic carbocycles. The van der Waals surface area contributed by atoms with E-state index in [4.69, 9.17) is 0 Å². The molecule has 6 heteroatoms. The number of likely N-dealkylation sites (tertiary alicyclic amines) is 1. The number of hydrogen-bond donors (Lipinski definition) is 0. The highest BCUT2D eigenvalue weighted by molar-refractivity contribution is 5.92. The lowest BCUT2D eigenvalue weighted by Gasteiger charge is -2.31. The first kappa shape index (κ1) is 20.2. The predicted octanol–water partition coefficient (Wildman–Crippen LogP) is 3.38. The van der Waals surface area contributed by atoms with Gasteiger partial charge in [-0.3, -0.25) is 14.3 Å². The average Bonchev–Trinajstić information content (AvgIpc) is 3.17. The summed E-state index contributed by atoms with van der Waals surface area (Å²) in [5.41, 5.74) is 1.67. The molecule has 3 rings (SSSR count). The van der Waals surface area contributed by atoms with Crippen LogP contribution in [0, 0.1) is 11.8 Å². The molecule has 0 unspecified atom stereocenters. The van der Waals surface area contributed by atoms with E-state index in [1.54, 1.807) is 15.8 Å². The summed E-state index contributed by atoms with van der Waals surface area (Å²) in [5.74, 6) is 0.476. The summed E-state index contributed by atoms with van der Waals surface area (Å²) in [6.45, 7) is 6.03. The van der Waals surface area contributed by atoms with E-state index in [1.165, 1.54) is 5.56 Å². The van der Waals surface area contributed by atoms with E-state index in [9.17, 15) is 9.59 Å². The third kappa shape index (κ3) is 5.50. The molecular formula is C22H30N4O2. The Hall–Kier alpha value is -2.50. The van der Waals surface area contributed by atoms with Crippen LogP contribution >= 0.6 is 0 Å². The Morgan fingerprint density at radius 3 is 2.75 bits per heavy atom. The van der Waals surface area contributed by atoms with Crippen LogP contribution in [0.1, 0.15) is 55.6 Å². The lowest BCUT2D eigenvalue weighted by Crippen LogP contribution is -2.42. The number of carbonyl (C=O) groups excluding carboxylic acids is 2. The molecule has 1 saturated heterocycles. The highest BCUT2D eigenvalue weighted by atomic mass is 16.2. The second-order valence-electron chi connectivity index (χ2n) is 8.11. The quantitative estimate of drug-likeness (QED) is 0.702. The van der Waals surface area contributed by atoms with Crippen LogP contribution in [0.15, 0.2) is 36.5 Å². The van der Waals surface area contributed by atoms with E-state index in [2.05, 4.69) is 36.3 Å². The van der Waals surface area contributed by atoms with Crippen molar-refractivity contribution < 1.29 is 9.59 Å². The fourth-order valence-electron chi connectivity index (χ4n) is 3.75. The summed E-state index contributed by atoms with van der Waals surface area (Å²) >= 11 is 0. The SMILES string of the molecule is CC(C)CC(=O)[C@@H]1CCCN(C(=O)c2cn(CCCc3ccccc3)nn2)C1. The lowest BCUT2D eigenvalue weighted by atomic mass is 9.89. The zero-order valence-corrected chi connectivity index (χ0v) is 16.9. The van der Waals surface area contributed by atoms with Crippen molar-refractivity contribution in [3.63, 3.8) is 0 Å². The first-order valence-corrected chi connectivity index (χ1v) is 10.3. The summed E-state index contributed by atoms with van der Waals surface area (Å²) < 4.78 is 1.74. The molecule has 0 spiro atoms. The predicted molar refractivity (Wildman–Crippen MR) is 108 cm³/mol. The van der Waals surface area contributed by atoms with Gasteiger partial charge < -0.3 is 4.90 Å². The molecular weight excluding hydrogens is 352 g/mol. The summed E-state index contributed by atoms with van der Waals surface area (Å²) in [4.78, 5) is 26.9. The number of Topliss-reactive ketones (excluding diaryl/α,β-unsaturated/α-hetero) is 1. The van der Waals surface area contributed by atoms with Gasteiger partial charge in [0.05, 0.1) is 6.20 Å². The van der Waals surface area contributed by atoms with Gasteiger partial charge in [-0.15, -0.1) is 5.10 Å². The standard InChI is InChI=1S/C22H30N4O2/c1-17(2)14-21(27)19-11-7-12-25(15-19)22(28)20-16-26(24-23-20)13-6-10-18-8-4-3-5-9-18/h3-5,8-9,16-17,19H,6-7,10-15H2,1-2H3/t19-/m1/s1. The van der Waals surface area contributed by atoms with Gasteiger partial charge >= 0.3 is 0 Å². The Morgan fingerprint density at radius 1 is 1.21 bits per heavy atom. The second-order valence-corrected chi connectivity index (χ2v) is 8.11. The molecule has 6 nitrogen and oxygen atoms in total. The molecule has 2 aromatic rings. The lowest BCUT2D eigenvalue weighted by molar-refractivity contribution is -0.124. The van der Waals surface area contributed by atoms with E-state index < -0.39 is 0 Å². The van der Waals surface area contributed by atoms with E-state index in [0.717, 1.165) is 32.2 Å². The van der Waals surface area contributed by atoms with E-state index >= 15 is 0 Å². The zero-order valence-electron chi connectivity index (χ0n) is 16.9. The van der Waals surface area contributed by atoms with Crippen molar-refractivity contribution >= 4 is 11.7 Å². The Kier molecular flexibility index (Phi) is 6.95.